The lowest BCUT2D eigenvalue weighted by atomic mass is 9.89. The Hall–Kier alpha value is -1.61. The van der Waals surface area contributed by atoms with E-state index in [0.29, 0.717) is 6.04 Å². The Bertz CT molecular complexity index is 685. The van der Waals surface area contributed by atoms with Crippen LogP contribution in [0.15, 0.2) is 36.5 Å². The van der Waals surface area contributed by atoms with E-state index in [1.54, 1.807) is 0 Å². The summed E-state index contributed by atoms with van der Waals surface area (Å²) in [6.07, 6.45) is 16.7. The lowest BCUT2D eigenvalue weighted by molar-refractivity contribution is 0.318. The molecule has 0 bridgehead atoms. The van der Waals surface area contributed by atoms with Crippen molar-refractivity contribution in [2.24, 2.45) is 5.92 Å². The highest BCUT2D eigenvalue weighted by molar-refractivity contribution is 5.56. The van der Waals surface area contributed by atoms with Gasteiger partial charge in [-0.3, -0.25) is 0 Å². The second-order valence-corrected chi connectivity index (χ2v) is 8.84. The molecule has 3 heteroatoms. The molecule has 3 nitrogen and oxygen atoms in total. The molecular weight excluding hydrogens is 354 g/mol. The largest absolute Gasteiger partial charge is 0.327 e. The van der Waals surface area contributed by atoms with Gasteiger partial charge in [0.1, 0.15) is 5.82 Å². The van der Waals surface area contributed by atoms with Gasteiger partial charge < -0.3 is 9.88 Å². The molecule has 1 aliphatic carbocycles. The molecule has 1 aromatic carbocycles. The van der Waals surface area contributed by atoms with Crippen LogP contribution in [0.2, 0.25) is 0 Å². The third-order valence-electron chi connectivity index (χ3n) is 6.48. The summed E-state index contributed by atoms with van der Waals surface area (Å²) in [7, 11) is 0. The van der Waals surface area contributed by atoms with Crippen LogP contribution >= 0.6 is 0 Å². The van der Waals surface area contributed by atoms with Crippen LogP contribution in [0.1, 0.15) is 96.2 Å². The van der Waals surface area contributed by atoms with Gasteiger partial charge in [-0.25, -0.2) is 4.98 Å². The van der Waals surface area contributed by atoms with Crippen LogP contribution in [-0.2, 0) is 6.54 Å². The van der Waals surface area contributed by atoms with Crippen molar-refractivity contribution in [2.45, 2.75) is 97.1 Å². The molecule has 1 N–H and O–H groups in total. The van der Waals surface area contributed by atoms with Gasteiger partial charge in [-0.15, -0.1) is 0 Å². The lowest BCUT2D eigenvalue weighted by Crippen LogP contribution is -2.30. The predicted molar refractivity (Wildman–Crippen MR) is 124 cm³/mol. The summed E-state index contributed by atoms with van der Waals surface area (Å²) in [5.41, 5.74) is 2.62. The average Bonchev–Trinajstić information content (AvgIpc) is 3.19. The second kappa shape index (κ2) is 12.2. The van der Waals surface area contributed by atoms with E-state index in [9.17, 15) is 0 Å². The van der Waals surface area contributed by atoms with Gasteiger partial charge in [-0.2, -0.15) is 0 Å². The monoisotopic (exact) mass is 395 g/mol. The fourth-order valence-electron chi connectivity index (χ4n) is 4.69. The first-order chi connectivity index (χ1) is 14.3. The highest BCUT2D eigenvalue weighted by Crippen LogP contribution is 2.29. The van der Waals surface area contributed by atoms with Crippen molar-refractivity contribution in [3.8, 4) is 11.4 Å². The Morgan fingerprint density at radius 1 is 1.00 bits per heavy atom. The van der Waals surface area contributed by atoms with Crippen molar-refractivity contribution < 1.29 is 0 Å². The minimum Gasteiger partial charge on any atom is -0.327 e. The number of aromatic nitrogens is 2. The molecule has 0 amide bonds. The fraction of sp³-hybridized carbons (Fsp3) is 0.654. The number of nitrogens with zero attached hydrogens (tertiary/aromatic N) is 2. The lowest BCUT2D eigenvalue weighted by Gasteiger charge is -2.26. The Morgan fingerprint density at radius 2 is 1.76 bits per heavy atom. The number of benzene rings is 1. The van der Waals surface area contributed by atoms with Crippen LogP contribution in [-0.4, -0.2) is 16.1 Å². The number of unbranched alkanes of at least 4 members (excludes halogenated alkanes) is 3. The Labute approximate surface area is 178 Å². The first-order valence-corrected chi connectivity index (χ1v) is 12.2. The Kier molecular flexibility index (Phi) is 9.27. The Morgan fingerprint density at radius 3 is 2.48 bits per heavy atom. The molecule has 1 atom stereocenters. The van der Waals surface area contributed by atoms with Crippen LogP contribution < -0.4 is 5.32 Å². The highest BCUT2D eigenvalue weighted by Gasteiger charge is 2.21. The van der Waals surface area contributed by atoms with Gasteiger partial charge in [0.25, 0.3) is 0 Å². The van der Waals surface area contributed by atoms with Crippen LogP contribution in [0.5, 0.6) is 0 Å². The van der Waals surface area contributed by atoms with E-state index in [4.69, 9.17) is 4.98 Å². The van der Waals surface area contributed by atoms with Crippen molar-refractivity contribution in [2.75, 3.05) is 6.54 Å². The smallest absolute Gasteiger partial charge is 0.140 e. The summed E-state index contributed by atoms with van der Waals surface area (Å²) in [5.74, 6) is 1.99. The molecular formula is C26H41N3. The van der Waals surface area contributed by atoms with Crippen molar-refractivity contribution >= 4 is 0 Å². The van der Waals surface area contributed by atoms with E-state index in [1.807, 2.05) is 0 Å². The molecule has 1 fully saturated rings. The van der Waals surface area contributed by atoms with Crippen LogP contribution in [0.4, 0.5) is 0 Å². The first kappa shape index (κ1) is 22.1. The minimum absolute atomic E-state index is 0.422. The molecule has 1 unspecified atom stereocenters. The van der Waals surface area contributed by atoms with Gasteiger partial charge in [0.05, 0.1) is 11.9 Å². The molecule has 0 saturated heterocycles. The molecule has 0 radical (unpaired) electrons. The Balaban J connectivity index is 1.81. The summed E-state index contributed by atoms with van der Waals surface area (Å²) in [4.78, 5) is 4.91. The summed E-state index contributed by atoms with van der Waals surface area (Å²) in [6, 6.07) is 11.1. The number of imidazole rings is 1. The van der Waals surface area contributed by atoms with E-state index in [0.717, 1.165) is 24.8 Å². The van der Waals surface area contributed by atoms with Gasteiger partial charge in [-0.1, -0.05) is 89.1 Å². The third kappa shape index (κ3) is 6.44. The quantitative estimate of drug-likeness (QED) is 0.387. The molecule has 1 aromatic heterocycles. The fourth-order valence-corrected chi connectivity index (χ4v) is 4.69. The molecule has 160 valence electrons. The van der Waals surface area contributed by atoms with E-state index in [2.05, 4.69) is 60.3 Å². The highest BCUT2D eigenvalue weighted by atomic mass is 15.1. The molecule has 1 saturated carbocycles. The maximum absolute atomic E-state index is 4.91. The van der Waals surface area contributed by atoms with Crippen LogP contribution in [0, 0.1) is 5.92 Å². The molecule has 1 heterocycles. The molecule has 3 rings (SSSR count). The van der Waals surface area contributed by atoms with E-state index in [1.165, 1.54) is 81.9 Å². The van der Waals surface area contributed by atoms with Crippen molar-refractivity contribution in [3.05, 3.63) is 42.2 Å². The molecule has 1 aliphatic rings. The second-order valence-electron chi connectivity index (χ2n) is 8.84. The molecule has 29 heavy (non-hydrogen) atoms. The van der Waals surface area contributed by atoms with Crippen LogP contribution in [0.3, 0.4) is 0 Å². The maximum atomic E-state index is 4.91. The number of rotatable bonds is 12. The van der Waals surface area contributed by atoms with Gasteiger partial charge >= 0.3 is 0 Å². The number of hydrogen-bond acceptors (Lipinski definition) is 2. The van der Waals surface area contributed by atoms with Gasteiger partial charge in [0.15, 0.2) is 0 Å². The van der Waals surface area contributed by atoms with Gasteiger partial charge in [0.2, 0.25) is 0 Å². The van der Waals surface area contributed by atoms with Crippen molar-refractivity contribution in [1.82, 2.24) is 14.9 Å². The SMILES string of the molecule is CCCCCC(NCC1CCCCC1)c1cnc(-c2ccccc2)n1CCCC. The minimum atomic E-state index is 0.422. The summed E-state index contributed by atoms with van der Waals surface area (Å²) < 4.78 is 2.50. The van der Waals surface area contributed by atoms with Gasteiger partial charge in [-0.05, 0) is 38.1 Å². The van der Waals surface area contributed by atoms with Crippen molar-refractivity contribution in [3.63, 3.8) is 0 Å². The summed E-state index contributed by atoms with van der Waals surface area (Å²) in [6.45, 7) is 6.80. The summed E-state index contributed by atoms with van der Waals surface area (Å²) in [5, 5.41) is 3.99. The average molecular weight is 396 g/mol. The zero-order chi connectivity index (χ0) is 20.3. The maximum Gasteiger partial charge on any atom is 0.140 e. The van der Waals surface area contributed by atoms with E-state index < -0.39 is 0 Å². The first-order valence-electron chi connectivity index (χ1n) is 12.2. The normalized spacial score (nSPS) is 16.2. The number of nitrogens with one attached hydrogen (secondary N) is 1. The number of hydrogen-bond donors (Lipinski definition) is 1. The third-order valence-corrected chi connectivity index (χ3v) is 6.48. The zero-order valence-electron chi connectivity index (χ0n) is 18.7. The van der Waals surface area contributed by atoms with E-state index >= 15 is 0 Å². The molecule has 0 spiro atoms. The molecule has 2 aromatic rings. The van der Waals surface area contributed by atoms with Crippen LogP contribution in [0.25, 0.3) is 11.4 Å². The topological polar surface area (TPSA) is 29.9 Å². The zero-order valence-corrected chi connectivity index (χ0v) is 18.7. The standard InChI is InChI=1S/C26H41N3/c1-3-5-9-18-24(27-20-22-14-10-7-11-15-22)25-21-28-26(29(25)19-6-4-2)23-16-12-8-13-17-23/h8,12-13,16-17,21-22,24,27H,3-7,9-11,14-15,18-20H2,1-2H3. The van der Waals surface area contributed by atoms with Crippen molar-refractivity contribution in [1.29, 1.82) is 0 Å². The predicted octanol–water partition coefficient (Wildman–Crippen LogP) is 7.14. The molecule has 0 aliphatic heterocycles. The summed E-state index contributed by atoms with van der Waals surface area (Å²) >= 11 is 0. The van der Waals surface area contributed by atoms with Gasteiger partial charge in [0, 0.05) is 18.2 Å². The van der Waals surface area contributed by atoms with E-state index in [-0.39, 0.29) is 0 Å².